The zero-order valence-electron chi connectivity index (χ0n) is 11.7. The molecule has 1 aromatic rings. The van der Waals surface area contributed by atoms with Crippen LogP contribution in [-0.2, 0) is 16.9 Å². The third-order valence-corrected chi connectivity index (χ3v) is 4.88. The van der Waals surface area contributed by atoms with Crippen LogP contribution in [0.25, 0.3) is 0 Å². The maximum atomic E-state index is 6.12. The summed E-state index contributed by atoms with van der Waals surface area (Å²) in [6.07, 6.45) is 4.74. The summed E-state index contributed by atoms with van der Waals surface area (Å²) in [5.41, 5.74) is 1.04. The molecule has 1 fully saturated rings. The van der Waals surface area contributed by atoms with Crippen molar-refractivity contribution in [2.45, 2.75) is 51.7 Å². The summed E-state index contributed by atoms with van der Waals surface area (Å²) in [4.78, 5) is 4.77. The van der Waals surface area contributed by atoms with Gasteiger partial charge in [-0.2, -0.15) is 0 Å². The average molecular weight is 268 g/mol. The summed E-state index contributed by atoms with van der Waals surface area (Å²) in [6, 6.07) is 0. The molecule has 1 aromatic heterocycles. The smallest absolute Gasteiger partial charge is 0.125 e. The van der Waals surface area contributed by atoms with Gasteiger partial charge in [-0.15, -0.1) is 11.3 Å². The molecule has 2 rings (SSSR count). The monoisotopic (exact) mass is 268 g/mol. The number of nitrogens with zero attached hydrogens (tertiary/aromatic N) is 1. The van der Waals surface area contributed by atoms with E-state index in [0.29, 0.717) is 0 Å². The highest BCUT2D eigenvalue weighted by atomic mass is 32.1. The lowest BCUT2D eigenvalue weighted by Gasteiger charge is -2.37. The van der Waals surface area contributed by atoms with Gasteiger partial charge in [-0.05, 0) is 45.6 Å². The molecular weight excluding hydrogens is 244 g/mol. The van der Waals surface area contributed by atoms with Crippen LogP contribution in [0.15, 0.2) is 5.38 Å². The van der Waals surface area contributed by atoms with Gasteiger partial charge in [0.05, 0.1) is 5.69 Å². The second kappa shape index (κ2) is 6.13. The Morgan fingerprint density at radius 3 is 2.83 bits per heavy atom. The fourth-order valence-electron chi connectivity index (χ4n) is 2.70. The molecule has 0 amide bonds. The van der Waals surface area contributed by atoms with Gasteiger partial charge >= 0.3 is 0 Å². The van der Waals surface area contributed by atoms with Crippen molar-refractivity contribution in [3.8, 4) is 0 Å². The van der Waals surface area contributed by atoms with E-state index in [1.54, 1.807) is 11.3 Å². The number of aromatic nitrogens is 1. The molecule has 0 unspecified atom stereocenters. The summed E-state index contributed by atoms with van der Waals surface area (Å²) in [7, 11) is 1.96. The normalized spacial score (nSPS) is 28.5. The Morgan fingerprint density at radius 1 is 1.50 bits per heavy atom. The number of nitrogens with one attached hydrogen (secondary N) is 1. The van der Waals surface area contributed by atoms with Gasteiger partial charge in [-0.25, -0.2) is 4.98 Å². The molecule has 0 aromatic carbocycles. The molecular formula is C14H24N2OS. The first-order valence-electron chi connectivity index (χ1n) is 6.93. The first-order valence-corrected chi connectivity index (χ1v) is 7.81. The number of ether oxygens (including phenoxy) is 1. The molecule has 4 heteroatoms. The van der Waals surface area contributed by atoms with Crippen molar-refractivity contribution in [1.82, 2.24) is 10.3 Å². The second-order valence-corrected chi connectivity index (χ2v) is 6.14. The highest BCUT2D eigenvalue weighted by molar-refractivity contribution is 7.09. The third-order valence-electron chi connectivity index (χ3n) is 3.80. The Kier molecular flexibility index (Phi) is 4.76. The molecule has 0 bridgehead atoms. The van der Waals surface area contributed by atoms with E-state index in [2.05, 4.69) is 24.5 Å². The highest BCUT2D eigenvalue weighted by Gasteiger charge is 2.39. The summed E-state index contributed by atoms with van der Waals surface area (Å²) in [6.45, 7) is 6.04. The first kappa shape index (κ1) is 14.0. The lowest BCUT2D eigenvalue weighted by molar-refractivity contribution is -0.0777. The lowest BCUT2D eigenvalue weighted by atomic mass is 9.79. The van der Waals surface area contributed by atoms with E-state index >= 15 is 0 Å². The summed E-state index contributed by atoms with van der Waals surface area (Å²) in [5.74, 6) is 0.829. The van der Waals surface area contributed by atoms with Gasteiger partial charge in [-0.1, -0.05) is 6.92 Å². The Hall–Kier alpha value is -0.450. The molecule has 1 saturated carbocycles. The van der Waals surface area contributed by atoms with Crippen molar-refractivity contribution in [2.75, 3.05) is 13.7 Å². The quantitative estimate of drug-likeness (QED) is 0.889. The third kappa shape index (κ3) is 2.92. The van der Waals surface area contributed by atoms with E-state index in [0.717, 1.165) is 37.6 Å². The van der Waals surface area contributed by atoms with Gasteiger partial charge < -0.3 is 10.1 Å². The number of thiazole rings is 1. The number of hydrogen-bond acceptors (Lipinski definition) is 4. The van der Waals surface area contributed by atoms with E-state index in [1.807, 2.05) is 7.05 Å². The van der Waals surface area contributed by atoms with Crippen molar-refractivity contribution in [1.29, 1.82) is 0 Å². The Labute approximate surface area is 114 Å². The van der Waals surface area contributed by atoms with Crippen LogP contribution in [0.2, 0.25) is 0 Å². The standard InChI is InChI=1S/C14H24N2OS/c1-4-17-14(7-5-11(2)6-8-14)13-16-12(9-15-3)10-18-13/h10-11,15H,4-9H2,1-3H3. The molecule has 0 spiro atoms. The first-order chi connectivity index (χ1) is 8.70. The SMILES string of the molecule is CCOC1(c2nc(CNC)cs2)CCC(C)CC1. The molecule has 0 saturated heterocycles. The van der Waals surface area contributed by atoms with Crippen LogP contribution in [0.4, 0.5) is 0 Å². The number of hydrogen-bond donors (Lipinski definition) is 1. The maximum absolute atomic E-state index is 6.12. The molecule has 0 atom stereocenters. The molecule has 3 nitrogen and oxygen atoms in total. The van der Waals surface area contributed by atoms with E-state index in [1.165, 1.54) is 17.8 Å². The van der Waals surface area contributed by atoms with E-state index in [-0.39, 0.29) is 5.60 Å². The van der Waals surface area contributed by atoms with Crippen LogP contribution in [0.1, 0.15) is 50.2 Å². The van der Waals surface area contributed by atoms with Gasteiger partial charge in [0.2, 0.25) is 0 Å². The molecule has 0 aliphatic heterocycles. The van der Waals surface area contributed by atoms with Crippen molar-refractivity contribution in [3.63, 3.8) is 0 Å². The molecule has 102 valence electrons. The van der Waals surface area contributed by atoms with Gasteiger partial charge in [0.1, 0.15) is 10.6 Å². The van der Waals surface area contributed by atoms with Gasteiger partial charge in [0, 0.05) is 18.5 Å². The van der Waals surface area contributed by atoms with Gasteiger partial charge in [0.25, 0.3) is 0 Å². The predicted octanol–water partition coefficient (Wildman–Crippen LogP) is 3.30. The largest absolute Gasteiger partial charge is 0.368 e. The number of rotatable bonds is 5. The van der Waals surface area contributed by atoms with Crippen LogP contribution in [-0.4, -0.2) is 18.6 Å². The summed E-state index contributed by atoms with van der Waals surface area (Å²) >= 11 is 1.76. The molecule has 1 aliphatic carbocycles. The topological polar surface area (TPSA) is 34.1 Å². The van der Waals surface area contributed by atoms with E-state index in [4.69, 9.17) is 9.72 Å². The van der Waals surface area contributed by atoms with Crippen molar-refractivity contribution < 1.29 is 4.74 Å². The zero-order valence-corrected chi connectivity index (χ0v) is 12.5. The second-order valence-electron chi connectivity index (χ2n) is 5.28. The van der Waals surface area contributed by atoms with E-state index < -0.39 is 0 Å². The molecule has 1 aliphatic rings. The van der Waals surface area contributed by atoms with Gasteiger partial charge in [-0.3, -0.25) is 0 Å². The predicted molar refractivity (Wildman–Crippen MR) is 75.8 cm³/mol. The lowest BCUT2D eigenvalue weighted by Crippen LogP contribution is -2.34. The van der Waals surface area contributed by atoms with Crippen LogP contribution in [0.5, 0.6) is 0 Å². The van der Waals surface area contributed by atoms with Crippen LogP contribution < -0.4 is 5.32 Å². The fourth-order valence-corrected chi connectivity index (χ4v) is 3.73. The molecule has 1 heterocycles. The highest BCUT2D eigenvalue weighted by Crippen LogP contribution is 2.43. The molecule has 18 heavy (non-hydrogen) atoms. The summed E-state index contributed by atoms with van der Waals surface area (Å²) < 4.78 is 6.12. The van der Waals surface area contributed by atoms with Crippen molar-refractivity contribution >= 4 is 11.3 Å². The van der Waals surface area contributed by atoms with Crippen LogP contribution in [0, 0.1) is 5.92 Å². The van der Waals surface area contributed by atoms with Crippen LogP contribution >= 0.6 is 11.3 Å². The molecule has 0 radical (unpaired) electrons. The van der Waals surface area contributed by atoms with E-state index in [9.17, 15) is 0 Å². The van der Waals surface area contributed by atoms with Crippen molar-refractivity contribution in [2.24, 2.45) is 5.92 Å². The minimum absolute atomic E-state index is 0.0993. The van der Waals surface area contributed by atoms with Gasteiger partial charge in [0.15, 0.2) is 0 Å². The Bertz CT molecular complexity index is 370. The fraction of sp³-hybridized carbons (Fsp3) is 0.786. The maximum Gasteiger partial charge on any atom is 0.125 e. The average Bonchev–Trinajstić information content (AvgIpc) is 2.82. The minimum atomic E-state index is -0.0993. The molecule has 1 N–H and O–H groups in total. The minimum Gasteiger partial charge on any atom is -0.368 e. The Morgan fingerprint density at radius 2 is 2.22 bits per heavy atom. The van der Waals surface area contributed by atoms with Crippen LogP contribution in [0.3, 0.4) is 0 Å². The Balaban J connectivity index is 2.17. The van der Waals surface area contributed by atoms with Crippen molar-refractivity contribution in [3.05, 3.63) is 16.1 Å². The summed E-state index contributed by atoms with van der Waals surface area (Å²) in [5, 5.41) is 6.49. The zero-order chi connectivity index (χ0) is 13.0.